The lowest BCUT2D eigenvalue weighted by Gasteiger charge is -2.25. The zero-order valence-electron chi connectivity index (χ0n) is 10.8. The molecule has 1 aromatic rings. The highest BCUT2D eigenvalue weighted by molar-refractivity contribution is 5.32. The number of nitrogens with one attached hydrogen (secondary N) is 1. The van der Waals surface area contributed by atoms with Crippen molar-refractivity contribution in [2.45, 2.75) is 38.8 Å². The lowest BCUT2D eigenvalue weighted by Crippen LogP contribution is -2.39. The quantitative estimate of drug-likeness (QED) is 0.576. The lowest BCUT2D eigenvalue weighted by atomic mass is 9.97. The number of aliphatic hydroxyl groups is 1. The van der Waals surface area contributed by atoms with Crippen molar-refractivity contribution < 1.29 is 10.0 Å². The molecule has 1 aromatic carbocycles. The second-order valence-corrected chi connectivity index (χ2v) is 4.46. The Morgan fingerprint density at radius 1 is 1.28 bits per heavy atom. The molecule has 0 bridgehead atoms. The molecule has 5 heteroatoms. The first-order chi connectivity index (χ1) is 8.50. The summed E-state index contributed by atoms with van der Waals surface area (Å²) in [5.74, 6) is 0. The Bertz CT molecular complexity index is 386. The monoisotopic (exact) mass is 252 g/mol. The van der Waals surface area contributed by atoms with Gasteiger partial charge < -0.3 is 10.4 Å². The van der Waals surface area contributed by atoms with E-state index in [0.717, 1.165) is 5.56 Å². The summed E-state index contributed by atoms with van der Waals surface area (Å²) >= 11 is 0. The maximum absolute atomic E-state index is 10.5. The van der Waals surface area contributed by atoms with Gasteiger partial charge in [0.1, 0.15) is 0 Å². The predicted octanol–water partition coefficient (Wildman–Crippen LogP) is 2.24. The summed E-state index contributed by atoms with van der Waals surface area (Å²) < 4.78 is 0. The number of hydrogen-bond donors (Lipinski definition) is 2. The molecule has 0 unspecified atom stereocenters. The number of nitro groups is 1. The van der Waals surface area contributed by atoms with Gasteiger partial charge in [-0.05, 0) is 18.4 Å². The van der Waals surface area contributed by atoms with E-state index >= 15 is 0 Å². The van der Waals surface area contributed by atoms with Crippen molar-refractivity contribution in [3.8, 4) is 0 Å². The largest absolute Gasteiger partial charge is 0.389 e. The maximum Gasteiger partial charge on any atom is 0.269 e. The van der Waals surface area contributed by atoms with Gasteiger partial charge in [-0.2, -0.15) is 0 Å². The fourth-order valence-corrected chi connectivity index (χ4v) is 1.68. The highest BCUT2D eigenvalue weighted by Gasteiger charge is 2.21. The summed E-state index contributed by atoms with van der Waals surface area (Å²) in [7, 11) is 0. The minimum absolute atomic E-state index is 0.0948. The Morgan fingerprint density at radius 2 is 1.83 bits per heavy atom. The van der Waals surface area contributed by atoms with Crippen LogP contribution in [0.5, 0.6) is 0 Å². The van der Waals surface area contributed by atoms with E-state index in [-0.39, 0.29) is 5.69 Å². The highest BCUT2D eigenvalue weighted by atomic mass is 16.6. The van der Waals surface area contributed by atoms with E-state index in [1.54, 1.807) is 12.1 Å². The predicted molar refractivity (Wildman–Crippen MR) is 70.3 cm³/mol. The van der Waals surface area contributed by atoms with Crippen molar-refractivity contribution in [2.24, 2.45) is 0 Å². The van der Waals surface area contributed by atoms with Gasteiger partial charge in [0.25, 0.3) is 5.69 Å². The van der Waals surface area contributed by atoms with E-state index in [0.29, 0.717) is 25.9 Å². The van der Waals surface area contributed by atoms with Crippen LogP contribution in [0.2, 0.25) is 0 Å². The second-order valence-electron chi connectivity index (χ2n) is 4.46. The molecule has 100 valence electrons. The van der Waals surface area contributed by atoms with Crippen LogP contribution in [-0.2, 0) is 6.54 Å². The number of hydrogen-bond acceptors (Lipinski definition) is 4. The molecule has 0 atom stereocenters. The molecule has 0 spiro atoms. The summed E-state index contributed by atoms with van der Waals surface area (Å²) in [6.07, 6.45) is 1.41. The van der Waals surface area contributed by atoms with Crippen LogP contribution in [0.1, 0.15) is 32.3 Å². The number of benzene rings is 1. The van der Waals surface area contributed by atoms with Crippen LogP contribution in [0.25, 0.3) is 0 Å². The van der Waals surface area contributed by atoms with E-state index in [4.69, 9.17) is 0 Å². The van der Waals surface area contributed by atoms with Crippen LogP contribution < -0.4 is 5.32 Å². The average Bonchev–Trinajstić information content (AvgIpc) is 2.39. The van der Waals surface area contributed by atoms with E-state index in [9.17, 15) is 15.2 Å². The molecule has 0 aliphatic rings. The highest BCUT2D eigenvalue weighted by Crippen LogP contribution is 2.14. The third-order valence-electron chi connectivity index (χ3n) is 3.25. The van der Waals surface area contributed by atoms with E-state index in [1.807, 2.05) is 13.8 Å². The first-order valence-electron chi connectivity index (χ1n) is 6.17. The van der Waals surface area contributed by atoms with E-state index in [2.05, 4.69) is 5.32 Å². The van der Waals surface area contributed by atoms with Crippen LogP contribution in [0, 0.1) is 10.1 Å². The van der Waals surface area contributed by atoms with E-state index in [1.165, 1.54) is 12.1 Å². The third kappa shape index (κ3) is 4.09. The first kappa shape index (κ1) is 14.6. The summed E-state index contributed by atoms with van der Waals surface area (Å²) in [5.41, 5.74) is 0.397. The normalized spacial score (nSPS) is 11.5. The molecule has 0 fully saturated rings. The molecule has 2 N–H and O–H groups in total. The van der Waals surface area contributed by atoms with Crippen molar-refractivity contribution >= 4 is 5.69 Å². The van der Waals surface area contributed by atoms with Crippen LogP contribution in [0.3, 0.4) is 0 Å². The van der Waals surface area contributed by atoms with Gasteiger partial charge in [-0.15, -0.1) is 0 Å². The molecular formula is C13H20N2O3. The Hall–Kier alpha value is -1.46. The van der Waals surface area contributed by atoms with E-state index < -0.39 is 10.5 Å². The van der Waals surface area contributed by atoms with Gasteiger partial charge in [0, 0.05) is 25.2 Å². The Balaban J connectivity index is 2.47. The molecule has 0 aromatic heterocycles. The number of nitrogens with zero attached hydrogens (tertiary/aromatic N) is 1. The van der Waals surface area contributed by atoms with Crippen LogP contribution >= 0.6 is 0 Å². The molecule has 18 heavy (non-hydrogen) atoms. The fraction of sp³-hybridized carbons (Fsp3) is 0.538. The van der Waals surface area contributed by atoms with Gasteiger partial charge in [0.2, 0.25) is 0 Å². The minimum Gasteiger partial charge on any atom is -0.389 e. The second kappa shape index (κ2) is 6.47. The molecule has 0 saturated heterocycles. The zero-order valence-corrected chi connectivity index (χ0v) is 10.8. The van der Waals surface area contributed by atoms with Crippen LogP contribution in [-0.4, -0.2) is 22.2 Å². The molecule has 0 saturated carbocycles. The summed E-state index contributed by atoms with van der Waals surface area (Å²) in [5, 5.41) is 23.7. The van der Waals surface area contributed by atoms with Gasteiger partial charge >= 0.3 is 0 Å². The van der Waals surface area contributed by atoms with Crippen molar-refractivity contribution in [3.63, 3.8) is 0 Å². The molecule has 0 aliphatic heterocycles. The van der Waals surface area contributed by atoms with Gasteiger partial charge in [-0.3, -0.25) is 10.1 Å². The summed E-state index contributed by atoms with van der Waals surface area (Å²) in [6, 6.07) is 6.43. The SMILES string of the molecule is CCC(O)(CC)CNCc1ccc([N+](=O)[O-])cc1. The van der Waals surface area contributed by atoms with Gasteiger partial charge in [0.15, 0.2) is 0 Å². The summed E-state index contributed by atoms with van der Waals surface area (Å²) in [4.78, 5) is 10.1. The molecule has 5 nitrogen and oxygen atoms in total. The third-order valence-corrected chi connectivity index (χ3v) is 3.25. The molecule has 0 aliphatic carbocycles. The molecule has 0 amide bonds. The number of rotatable bonds is 7. The number of non-ortho nitro benzene ring substituents is 1. The first-order valence-corrected chi connectivity index (χ1v) is 6.17. The average molecular weight is 252 g/mol. The van der Waals surface area contributed by atoms with Crippen molar-refractivity contribution in [2.75, 3.05) is 6.54 Å². The standard InChI is InChI=1S/C13H20N2O3/c1-3-13(16,4-2)10-14-9-11-5-7-12(8-6-11)15(17)18/h5-8,14,16H,3-4,9-10H2,1-2H3. The zero-order chi connectivity index (χ0) is 13.6. The van der Waals surface area contributed by atoms with Gasteiger partial charge in [0.05, 0.1) is 10.5 Å². The van der Waals surface area contributed by atoms with Gasteiger partial charge in [-0.1, -0.05) is 26.0 Å². The summed E-state index contributed by atoms with van der Waals surface area (Å²) in [6.45, 7) is 5.03. The Morgan fingerprint density at radius 3 is 2.28 bits per heavy atom. The fourth-order valence-electron chi connectivity index (χ4n) is 1.68. The Labute approximate surface area is 107 Å². The van der Waals surface area contributed by atoms with Crippen molar-refractivity contribution in [1.82, 2.24) is 5.32 Å². The van der Waals surface area contributed by atoms with Crippen LogP contribution in [0.15, 0.2) is 24.3 Å². The molecule has 0 radical (unpaired) electrons. The smallest absolute Gasteiger partial charge is 0.269 e. The minimum atomic E-state index is -0.666. The Kier molecular flexibility index (Phi) is 5.25. The lowest BCUT2D eigenvalue weighted by molar-refractivity contribution is -0.384. The molecule has 0 heterocycles. The van der Waals surface area contributed by atoms with Crippen LogP contribution in [0.4, 0.5) is 5.69 Å². The number of nitro benzene ring substituents is 1. The van der Waals surface area contributed by atoms with Crippen molar-refractivity contribution in [1.29, 1.82) is 0 Å². The van der Waals surface area contributed by atoms with Gasteiger partial charge in [-0.25, -0.2) is 0 Å². The molecule has 1 rings (SSSR count). The molecular weight excluding hydrogens is 232 g/mol. The maximum atomic E-state index is 10.5. The topological polar surface area (TPSA) is 75.4 Å². The van der Waals surface area contributed by atoms with Crippen molar-refractivity contribution in [3.05, 3.63) is 39.9 Å².